The molecule has 0 heterocycles. The number of hydrogen-bond donors (Lipinski definition) is 2. The summed E-state index contributed by atoms with van der Waals surface area (Å²) in [7, 11) is 3.59. The average Bonchev–Trinajstić information content (AvgIpc) is 2.35. The SMILES string of the molecule is COc1cccc(N(C)C(C)CO)c1[C@@H](C)N. The van der Waals surface area contributed by atoms with Crippen molar-refractivity contribution >= 4 is 5.69 Å². The number of benzene rings is 1. The molecule has 1 rings (SSSR count). The van der Waals surface area contributed by atoms with Gasteiger partial charge in [0.1, 0.15) is 5.75 Å². The summed E-state index contributed by atoms with van der Waals surface area (Å²) in [5, 5.41) is 9.22. The normalized spacial score (nSPS) is 14.2. The molecule has 0 aliphatic carbocycles. The van der Waals surface area contributed by atoms with Crippen molar-refractivity contribution in [2.24, 2.45) is 5.73 Å². The maximum absolute atomic E-state index is 9.22. The van der Waals surface area contributed by atoms with Crippen molar-refractivity contribution in [1.29, 1.82) is 0 Å². The van der Waals surface area contributed by atoms with Crippen LogP contribution in [0.1, 0.15) is 25.5 Å². The summed E-state index contributed by atoms with van der Waals surface area (Å²) in [5.74, 6) is 0.787. The molecule has 17 heavy (non-hydrogen) atoms. The van der Waals surface area contributed by atoms with Crippen molar-refractivity contribution in [3.63, 3.8) is 0 Å². The quantitative estimate of drug-likeness (QED) is 0.817. The molecule has 0 bridgehead atoms. The predicted molar refractivity (Wildman–Crippen MR) is 70.5 cm³/mol. The van der Waals surface area contributed by atoms with E-state index in [0.717, 1.165) is 17.0 Å². The lowest BCUT2D eigenvalue weighted by molar-refractivity contribution is 0.270. The van der Waals surface area contributed by atoms with E-state index in [9.17, 15) is 5.11 Å². The Balaban J connectivity index is 3.22. The van der Waals surface area contributed by atoms with Crippen LogP contribution < -0.4 is 15.4 Å². The number of methoxy groups -OCH3 is 1. The van der Waals surface area contributed by atoms with Crippen LogP contribution >= 0.6 is 0 Å². The highest BCUT2D eigenvalue weighted by Gasteiger charge is 2.18. The van der Waals surface area contributed by atoms with Gasteiger partial charge in [-0.1, -0.05) is 6.07 Å². The Labute approximate surface area is 103 Å². The van der Waals surface area contributed by atoms with Gasteiger partial charge in [-0.15, -0.1) is 0 Å². The van der Waals surface area contributed by atoms with Crippen LogP contribution in [0.5, 0.6) is 5.75 Å². The van der Waals surface area contributed by atoms with E-state index in [-0.39, 0.29) is 18.7 Å². The molecular weight excluding hydrogens is 216 g/mol. The number of hydrogen-bond acceptors (Lipinski definition) is 4. The minimum Gasteiger partial charge on any atom is -0.496 e. The van der Waals surface area contributed by atoms with E-state index in [0.29, 0.717) is 0 Å². The molecule has 0 saturated heterocycles. The molecule has 0 aromatic heterocycles. The Hall–Kier alpha value is -1.26. The van der Waals surface area contributed by atoms with Gasteiger partial charge in [0.15, 0.2) is 0 Å². The van der Waals surface area contributed by atoms with E-state index in [1.165, 1.54) is 0 Å². The molecule has 0 fully saturated rings. The Morgan fingerprint density at radius 1 is 1.41 bits per heavy atom. The third kappa shape index (κ3) is 2.90. The lowest BCUT2D eigenvalue weighted by Gasteiger charge is -2.29. The highest BCUT2D eigenvalue weighted by Crippen LogP contribution is 2.33. The lowest BCUT2D eigenvalue weighted by Crippen LogP contribution is -2.33. The summed E-state index contributed by atoms with van der Waals surface area (Å²) in [6.07, 6.45) is 0. The van der Waals surface area contributed by atoms with Gasteiger partial charge in [0.05, 0.1) is 13.7 Å². The van der Waals surface area contributed by atoms with Gasteiger partial charge >= 0.3 is 0 Å². The van der Waals surface area contributed by atoms with Crippen molar-refractivity contribution in [2.75, 3.05) is 25.7 Å². The number of nitrogens with zero attached hydrogens (tertiary/aromatic N) is 1. The van der Waals surface area contributed by atoms with Gasteiger partial charge in [-0.3, -0.25) is 0 Å². The van der Waals surface area contributed by atoms with Gasteiger partial charge in [-0.05, 0) is 26.0 Å². The van der Waals surface area contributed by atoms with Crippen molar-refractivity contribution in [1.82, 2.24) is 0 Å². The molecule has 0 radical (unpaired) electrons. The Morgan fingerprint density at radius 3 is 2.53 bits per heavy atom. The maximum atomic E-state index is 9.22. The summed E-state index contributed by atoms with van der Waals surface area (Å²) >= 11 is 0. The van der Waals surface area contributed by atoms with Crippen LogP contribution in [-0.2, 0) is 0 Å². The van der Waals surface area contributed by atoms with E-state index in [4.69, 9.17) is 10.5 Å². The number of rotatable bonds is 5. The molecule has 96 valence electrons. The molecule has 3 N–H and O–H groups in total. The number of aliphatic hydroxyl groups is 1. The van der Waals surface area contributed by atoms with E-state index in [1.807, 2.05) is 44.0 Å². The first-order valence-electron chi connectivity index (χ1n) is 5.79. The monoisotopic (exact) mass is 238 g/mol. The van der Waals surface area contributed by atoms with Crippen LogP contribution in [0.3, 0.4) is 0 Å². The molecule has 0 aliphatic rings. The van der Waals surface area contributed by atoms with Gasteiger partial charge in [0.25, 0.3) is 0 Å². The van der Waals surface area contributed by atoms with Crippen molar-refractivity contribution in [3.05, 3.63) is 23.8 Å². The van der Waals surface area contributed by atoms with Crippen LogP contribution in [0.2, 0.25) is 0 Å². The summed E-state index contributed by atoms with van der Waals surface area (Å²) in [4.78, 5) is 2.02. The fraction of sp³-hybridized carbons (Fsp3) is 0.538. The third-order valence-corrected chi connectivity index (χ3v) is 3.02. The third-order valence-electron chi connectivity index (χ3n) is 3.02. The van der Waals surface area contributed by atoms with Gasteiger partial charge in [-0.25, -0.2) is 0 Å². The number of nitrogens with two attached hydrogens (primary N) is 1. The molecule has 1 aromatic carbocycles. The highest BCUT2D eigenvalue weighted by atomic mass is 16.5. The molecule has 1 aromatic rings. The first kappa shape index (κ1) is 13.8. The molecule has 0 saturated carbocycles. The molecule has 1 unspecified atom stereocenters. The second-order valence-electron chi connectivity index (χ2n) is 4.32. The highest BCUT2D eigenvalue weighted by molar-refractivity contribution is 5.60. The fourth-order valence-electron chi connectivity index (χ4n) is 1.84. The summed E-state index contributed by atoms with van der Waals surface area (Å²) < 4.78 is 5.34. The van der Waals surface area contributed by atoms with Crippen molar-refractivity contribution < 1.29 is 9.84 Å². The second-order valence-corrected chi connectivity index (χ2v) is 4.32. The zero-order valence-electron chi connectivity index (χ0n) is 11.0. The van der Waals surface area contributed by atoms with Crippen LogP contribution in [-0.4, -0.2) is 31.9 Å². The van der Waals surface area contributed by atoms with Crippen molar-refractivity contribution in [2.45, 2.75) is 25.9 Å². The Morgan fingerprint density at radius 2 is 2.06 bits per heavy atom. The average molecular weight is 238 g/mol. The number of aliphatic hydroxyl groups excluding tert-OH is 1. The molecule has 2 atom stereocenters. The van der Waals surface area contributed by atoms with Crippen molar-refractivity contribution in [3.8, 4) is 5.75 Å². The summed E-state index contributed by atoms with van der Waals surface area (Å²) in [6.45, 7) is 4.00. The standard InChI is InChI=1S/C13H22N2O2/c1-9(8-16)15(3)11-6-5-7-12(17-4)13(11)10(2)14/h5-7,9-10,16H,8,14H2,1-4H3/t9?,10-/m1/s1. The van der Waals surface area contributed by atoms with E-state index in [2.05, 4.69) is 0 Å². The molecule has 0 aliphatic heterocycles. The molecule has 0 spiro atoms. The predicted octanol–water partition coefficient (Wildman–Crippen LogP) is 1.53. The molecular formula is C13H22N2O2. The largest absolute Gasteiger partial charge is 0.496 e. The fourth-order valence-corrected chi connectivity index (χ4v) is 1.84. The minimum atomic E-state index is -0.116. The lowest BCUT2D eigenvalue weighted by atomic mass is 10.0. The summed E-state index contributed by atoms with van der Waals surface area (Å²) in [6, 6.07) is 5.75. The topological polar surface area (TPSA) is 58.7 Å². The van der Waals surface area contributed by atoms with E-state index < -0.39 is 0 Å². The zero-order valence-corrected chi connectivity index (χ0v) is 11.0. The molecule has 4 heteroatoms. The number of likely N-dealkylation sites (N-methyl/N-ethyl adjacent to an activating group) is 1. The zero-order chi connectivity index (χ0) is 13.0. The van der Waals surface area contributed by atoms with Crippen LogP contribution in [0.4, 0.5) is 5.69 Å². The maximum Gasteiger partial charge on any atom is 0.125 e. The van der Waals surface area contributed by atoms with Gasteiger partial charge < -0.3 is 20.5 Å². The Kier molecular flexibility index (Phi) is 4.78. The Bertz CT molecular complexity index is 366. The van der Waals surface area contributed by atoms with Gasteiger partial charge in [0.2, 0.25) is 0 Å². The molecule has 0 amide bonds. The number of anilines is 1. The smallest absolute Gasteiger partial charge is 0.125 e. The molecule has 4 nitrogen and oxygen atoms in total. The van der Waals surface area contributed by atoms with Gasteiger partial charge in [0, 0.05) is 30.4 Å². The van der Waals surface area contributed by atoms with E-state index >= 15 is 0 Å². The second kappa shape index (κ2) is 5.89. The summed E-state index contributed by atoms with van der Waals surface area (Å²) in [5.41, 5.74) is 7.97. The minimum absolute atomic E-state index is 0.0413. The number of ether oxygens (including phenoxy) is 1. The van der Waals surface area contributed by atoms with Crippen LogP contribution in [0, 0.1) is 0 Å². The van der Waals surface area contributed by atoms with Gasteiger partial charge in [-0.2, -0.15) is 0 Å². The van der Waals surface area contributed by atoms with Crippen LogP contribution in [0.25, 0.3) is 0 Å². The van der Waals surface area contributed by atoms with Crippen LogP contribution in [0.15, 0.2) is 18.2 Å². The van der Waals surface area contributed by atoms with E-state index in [1.54, 1.807) is 7.11 Å². The first-order chi connectivity index (χ1) is 8.02. The first-order valence-corrected chi connectivity index (χ1v) is 5.79.